The number of carboxylic acid groups (broad SMARTS) is 1. The second-order valence-corrected chi connectivity index (χ2v) is 5.92. The van der Waals surface area contributed by atoms with Gasteiger partial charge in [-0.15, -0.1) is 0 Å². The molecule has 2 aliphatic heterocycles. The number of nitrogens with zero attached hydrogens (tertiary/aromatic N) is 2. The van der Waals surface area contributed by atoms with Gasteiger partial charge in [0.15, 0.2) is 0 Å². The molecule has 2 fully saturated rings. The minimum absolute atomic E-state index is 0.0741. The molecule has 1 unspecified atom stereocenters. The lowest BCUT2D eigenvalue weighted by molar-refractivity contribution is -0.137. The number of carbonyl (C=O) groups excluding carboxylic acids is 1. The molecule has 6 heteroatoms. The third-order valence-electron chi connectivity index (χ3n) is 4.21. The Morgan fingerprint density at radius 2 is 1.95 bits per heavy atom. The molecule has 0 aromatic rings. The van der Waals surface area contributed by atoms with E-state index in [9.17, 15) is 9.59 Å². The fourth-order valence-corrected chi connectivity index (χ4v) is 3.03. The summed E-state index contributed by atoms with van der Waals surface area (Å²) in [5.41, 5.74) is 0. The van der Waals surface area contributed by atoms with Crippen molar-refractivity contribution in [1.82, 2.24) is 9.80 Å². The summed E-state index contributed by atoms with van der Waals surface area (Å²) in [7, 11) is 0. The van der Waals surface area contributed by atoms with Crippen molar-refractivity contribution in [3.63, 3.8) is 0 Å². The first-order valence-electron chi connectivity index (χ1n) is 7.98. The van der Waals surface area contributed by atoms with Crippen LogP contribution >= 0.6 is 0 Å². The second-order valence-electron chi connectivity index (χ2n) is 5.92. The van der Waals surface area contributed by atoms with E-state index in [1.807, 2.05) is 4.90 Å². The normalized spacial score (nSPS) is 24.0. The first kappa shape index (κ1) is 16.2. The SMILES string of the molecule is O=C(O)CCCC(=O)N1CCCN(CC2CCCO2)CC1. The van der Waals surface area contributed by atoms with Crippen molar-refractivity contribution < 1.29 is 19.4 Å². The van der Waals surface area contributed by atoms with Crippen LogP contribution in [-0.4, -0.2) is 72.2 Å². The van der Waals surface area contributed by atoms with Crippen LogP contribution in [0.15, 0.2) is 0 Å². The van der Waals surface area contributed by atoms with Crippen molar-refractivity contribution in [2.75, 3.05) is 39.3 Å². The first-order valence-corrected chi connectivity index (χ1v) is 7.98. The molecule has 2 saturated heterocycles. The van der Waals surface area contributed by atoms with Crippen molar-refractivity contribution in [2.45, 2.75) is 44.6 Å². The van der Waals surface area contributed by atoms with Crippen LogP contribution in [0.5, 0.6) is 0 Å². The van der Waals surface area contributed by atoms with Gasteiger partial charge in [-0.3, -0.25) is 14.5 Å². The number of carboxylic acids is 1. The highest BCUT2D eigenvalue weighted by Crippen LogP contribution is 2.15. The lowest BCUT2D eigenvalue weighted by Gasteiger charge is -2.24. The number of amides is 1. The van der Waals surface area contributed by atoms with Gasteiger partial charge >= 0.3 is 5.97 Å². The Morgan fingerprint density at radius 3 is 2.67 bits per heavy atom. The molecule has 0 aromatic carbocycles. The first-order chi connectivity index (χ1) is 10.1. The van der Waals surface area contributed by atoms with E-state index < -0.39 is 5.97 Å². The highest BCUT2D eigenvalue weighted by molar-refractivity contribution is 5.77. The molecule has 0 radical (unpaired) electrons. The Bertz CT molecular complexity index is 356. The molecule has 0 aliphatic carbocycles. The number of rotatable bonds is 6. The van der Waals surface area contributed by atoms with Crippen LogP contribution in [0.25, 0.3) is 0 Å². The summed E-state index contributed by atoms with van der Waals surface area (Å²) in [5, 5.41) is 8.61. The largest absolute Gasteiger partial charge is 0.481 e. The van der Waals surface area contributed by atoms with Gasteiger partial charge in [0, 0.05) is 45.6 Å². The van der Waals surface area contributed by atoms with Gasteiger partial charge in [0.2, 0.25) is 5.91 Å². The Kier molecular flexibility index (Phi) is 6.45. The summed E-state index contributed by atoms with van der Waals surface area (Å²) in [6.45, 7) is 5.30. The Hall–Kier alpha value is -1.14. The summed E-state index contributed by atoms with van der Waals surface area (Å²) in [5.74, 6) is -0.739. The van der Waals surface area contributed by atoms with Gasteiger partial charge < -0.3 is 14.7 Å². The van der Waals surface area contributed by atoms with Crippen molar-refractivity contribution >= 4 is 11.9 Å². The summed E-state index contributed by atoms with van der Waals surface area (Å²) in [6, 6.07) is 0. The second kappa shape index (κ2) is 8.34. The van der Waals surface area contributed by atoms with Gasteiger partial charge in [-0.2, -0.15) is 0 Å². The molecule has 0 saturated carbocycles. The maximum atomic E-state index is 12.1. The average molecular weight is 298 g/mol. The summed E-state index contributed by atoms with van der Waals surface area (Å²) < 4.78 is 5.67. The zero-order valence-corrected chi connectivity index (χ0v) is 12.6. The quantitative estimate of drug-likeness (QED) is 0.791. The van der Waals surface area contributed by atoms with Gasteiger partial charge in [0.25, 0.3) is 0 Å². The molecule has 0 aromatic heterocycles. The number of ether oxygens (including phenoxy) is 1. The van der Waals surface area contributed by atoms with Crippen LogP contribution in [0, 0.1) is 0 Å². The Labute approximate surface area is 126 Å². The minimum atomic E-state index is -0.832. The monoisotopic (exact) mass is 298 g/mol. The summed E-state index contributed by atoms with van der Waals surface area (Å²) in [6.07, 6.45) is 4.51. The Morgan fingerprint density at radius 1 is 1.10 bits per heavy atom. The topological polar surface area (TPSA) is 70.1 Å². The molecule has 2 aliphatic rings. The fraction of sp³-hybridized carbons (Fsp3) is 0.867. The van der Waals surface area contributed by atoms with Gasteiger partial charge in [0.05, 0.1) is 6.10 Å². The van der Waals surface area contributed by atoms with Crippen molar-refractivity contribution in [2.24, 2.45) is 0 Å². The molecule has 120 valence electrons. The van der Waals surface area contributed by atoms with Gasteiger partial charge in [-0.1, -0.05) is 0 Å². The van der Waals surface area contributed by atoms with E-state index in [1.54, 1.807) is 0 Å². The third kappa shape index (κ3) is 5.63. The lowest BCUT2D eigenvalue weighted by atomic mass is 10.2. The lowest BCUT2D eigenvalue weighted by Crippen LogP contribution is -2.37. The molecule has 0 bridgehead atoms. The molecule has 1 amide bonds. The molecule has 6 nitrogen and oxygen atoms in total. The van der Waals surface area contributed by atoms with Crippen molar-refractivity contribution in [3.8, 4) is 0 Å². The molecule has 21 heavy (non-hydrogen) atoms. The average Bonchev–Trinajstić information content (AvgIpc) is 2.83. The molecule has 2 heterocycles. The van der Waals surface area contributed by atoms with Crippen LogP contribution < -0.4 is 0 Å². The predicted molar refractivity (Wildman–Crippen MR) is 78.1 cm³/mol. The van der Waals surface area contributed by atoms with Crippen LogP contribution in [0.1, 0.15) is 38.5 Å². The highest BCUT2D eigenvalue weighted by atomic mass is 16.5. The van der Waals surface area contributed by atoms with E-state index in [2.05, 4.69) is 4.90 Å². The number of carbonyl (C=O) groups is 2. The van der Waals surface area contributed by atoms with Gasteiger partial charge in [-0.25, -0.2) is 0 Å². The maximum Gasteiger partial charge on any atom is 0.303 e. The van der Waals surface area contributed by atoms with E-state index in [-0.39, 0.29) is 12.3 Å². The van der Waals surface area contributed by atoms with Crippen molar-refractivity contribution in [3.05, 3.63) is 0 Å². The minimum Gasteiger partial charge on any atom is -0.481 e. The highest BCUT2D eigenvalue weighted by Gasteiger charge is 2.23. The zero-order chi connectivity index (χ0) is 15.1. The molecule has 1 N–H and O–H groups in total. The molecule has 0 spiro atoms. The Balaban J connectivity index is 1.69. The molecule has 2 rings (SSSR count). The van der Waals surface area contributed by atoms with Crippen LogP contribution in [0.2, 0.25) is 0 Å². The summed E-state index contributed by atoms with van der Waals surface area (Å²) >= 11 is 0. The third-order valence-corrected chi connectivity index (χ3v) is 4.21. The van der Waals surface area contributed by atoms with E-state index in [4.69, 9.17) is 9.84 Å². The van der Waals surface area contributed by atoms with Gasteiger partial charge in [0.1, 0.15) is 0 Å². The number of hydrogen-bond acceptors (Lipinski definition) is 4. The van der Waals surface area contributed by atoms with E-state index in [0.717, 1.165) is 58.6 Å². The molecule has 1 atom stereocenters. The van der Waals surface area contributed by atoms with Crippen LogP contribution in [0.4, 0.5) is 0 Å². The number of aliphatic carboxylic acids is 1. The zero-order valence-electron chi connectivity index (χ0n) is 12.6. The van der Waals surface area contributed by atoms with Crippen molar-refractivity contribution in [1.29, 1.82) is 0 Å². The molecular weight excluding hydrogens is 272 g/mol. The van der Waals surface area contributed by atoms with Crippen LogP contribution in [0.3, 0.4) is 0 Å². The summed E-state index contributed by atoms with van der Waals surface area (Å²) in [4.78, 5) is 26.8. The van der Waals surface area contributed by atoms with Gasteiger partial charge in [-0.05, 0) is 32.2 Å². The molecular formula is C15H26N2O4. The van der Waals surface area contributed by atoms with E-state index in [1.165, 1.54) is 0 Å². The van der Waals surface area contributed by atoms with E-state index in [0.29, 0.717) is 18.9 Å². The fourth-order valence-electron chi connectivity index (χ4n) is 3.03. The van der Waals surface area contributed by atoms with Crippen LogP contribution in [-0.2, 0) is 14.3 Å². The maximum absolute atomic E-state index is 12.1. The smallest absolute Gasteiger partial charge is 0.303 e. The predicted octanol–water partition coefficient (Wildman–Crippen LogP) is 0.955. The van der Waals surface area contributed by atoms with E-state index >= 15 is 0 Å². The number of hydrogen-bond donors (Lipinski definition) is 1. The standard InChI is InChI=1S/C15H26N2O4/c18-14(5-1-6-15(19)20)17-8-3-7-16(9-10-17)12-13-4-2-11-21-13/h13H,1-12H2,(H,19,20).